The topological polar surface area (TPSA) is 77.2 Å². The van der Waals surface area contributed by atoms with Gasteiger partial charge in [-0.2, -0.15) is 0 Å². The number of nitrogen functional groups attached to an aromatic ring is 1. The fourth-order valence-electron chi connectivity index (χ4n) is 2.78. The van der Waals surface area contributed by atoms with Gasteiger partial charge < -0.3 is 21.1 Å². The van der Waals surface area contributed by atoms with Crippen molar-refractivity contribution < 1.29 is 5.11 Å². The van der Waals surface area contributed by atoms with Crippen LogP contribution in [-0.2, 0) is 6.32 Å². The van der Waals surface area contributed by atoms with E-state index in [0.717, 1.165) is 12.0 Å². The minimum absolute atomic E-state index is 0.00303. The molecule has 2 aromatic rings. The Morgan fingerprint density at radius 1 is 1.45 bits per heavy atom. The van der Waals surface area contributed by atoms with E-state index in [1.807, 2.05) is 12.1 Å². The monoisotopic (exact) mass is 315 g/mol. The Hall–Kier alpha value is -2.01. The van der Waals surface area contributed by atoms with Crippen LogP contribution in [0.3, 0.4) is 0 Å². The van der Waals surface area contributed by atoms with Crippen molar-refractivity contribution in [2.24, 2.45) is 5.73 Å². The number of hydrogen-bond donors (Lipinski definition) is 3. The number of hydrogen-bond acceptors (Lipinski definition) is 3. The summed E-state index contributed by atoms with van der Waals surface area (Å²) in [6.45, 7) is 0. The zero-order chi connectivity index (χ0) is 15.9. The molecule has 3 rings (SSSR count). The Morgan fingerprint density at radius 3 is 2.82 bits per heavy atom. The molecule has 114 valence electrons. The highest BCUT2D eigenvalue weighted by atomic mass is 35.5. The van der Waals surface area contributed by atoms with Crippen molar-refractivity contribution in [2.75, 3.05) is 5.73 Å². The second kappa shape index (κ2) is 5.65. The van der Waals surface area contributed by atoms with Crippen LogP contribution in [0.1, 0.15) is 35.8 Å². The molecule has 0 unspecified atom stereocenters. The van der Waals surface area contributed by atoms with Gasteiger partial charge in [-0.1, -0.05) is 17.7 Å². The molecule has 1 heterocycles. The normalized spacial score (nSPS) is 15.2. The first kappa shape index (κ1) is 14.9. The van der Waals surface area contributed by atoms with Gasteiger partial charge in [0.15, 0.2) is 0 Å². The summed E-state index contributed by atoms with van der Waals surface area (Å²) < 4.78 is 2.27. The van der Waals surface area contributed by atoms with Crippen LogP contribution < -0.4 is 11.5 Å². The lowest BCUT2D eigenvalue weighted by atomic mass is 10.0. The Morgan fingerprint density at radius 2 is 2.18 bits per heavy atom. The highest BCUT2D eigenvalue weighted by Crippen LogP contribution is 2.40. The SMILES string of the molecule is BCc1cc(N)c(/C=C(\N)c2cccc(Cl)c2O)n1C1CC1. The van der Waals surface area contributed by atoms with Gasteiger partial charge in [0.2, 0.25) is 0 Å². The Kier molecular flexibility index (Phi) is 3.83. The fourth-order valence-corrected chi connectivity index (χ4v) is 2.95. The molecule has 0 amide bonds. The summed E-state index contributed by atoms with van der Waals surface area (Å²) in [6, 6.07) is 7.66. The lowest BCUT2D eigenvalue weighted by molar-refractivity contribution is 0.474. The van der Waals surface area contributed by atoms with Crippen LogP contribution in [-0.4, -0.2) is 17.5 Å². The molecule has 4 nitrogen and oxygen atoms in total. The summed E-state index contributed by atoms with van der Waals surface area (Å²) in [5, 5.41) is 10.4. The number of anilines is 1. The summed E-state index contributed by atoms with van der Waals surface area (Å²) in [7, 11) is 2.12. The number of aromatic nitrogens is 1. The summed E-state index contributed by atoms with van der Waals surface area (Å²) in [6.07, 6.45) is 5.10. The van der Waals surface area contributed by atoms with Crippen LogP contribution in [0, 0.1) is 0 Å². The van der Waals surface area contributed by atoms with Crippen molar-refractivity contribution in [3.8, 4) is 5.75 Å². The number of rotatable bonds is 4. The highest BCUT2D eigenvalue weighted by Gasteiger charge is 2.28. The molecular formula is C16H19BClN3O. The van der Waals surface area contributed by atoms with E-state index in [0.29, 0.717) is 23.0 Å². The average molecular weight is 316 g/mol. The molecule has 0 spiro atoms. The summed E-state index contributed by atoms with van der Waals surface area (Å²) >= 11 is 5.95. The minimum atomic E-state index is -0.00303. The number of aromatic hydroxyl groups is 1. The maximum atomic E-state index is 10.1. The molecule has 0 aliphatic heterocycles. The molecule has 1 aliphatic carbocycles. The highest BCUT2D eigenvalue weighted by molar-refractivity contribution is 6.32. The molecule has 0 saturated heterocycles. The third-order valence-corrected chi connectivity index (χ3v) is 4.36. The Labute approximate surface area is 135 Å². The van der Waals surface area contributed by atoms with E-state index in [1.54, 1.807) is 18.2 Å². The van der Waals surface area contributed by atoms with Gasteiger partial charge in [0.05, 0.1) is 16.4 Å². The zero-order valence-electron chi connectivity index (χ0n) is 12.5. The fraction of sp³-hybridized carbons (Fsp3) is 0.250. The standard InChI is InChI=1S/C16H19BClN3O/c17-8-10-6-14(20)15(21(10)9-4-5-9)7-13(19)11-2-1-3-12(18)16(11)22/h1-3,6-7,9,22H,4-5,8,17,19-20H2/b13-7-. The van der Waals surface area contributed by atoms with Crippen molar-refractivity contribution in [2.45, 2.75) is 25.2 Å². The second-order valence-electron chi connectivity index (χ2n) is 5.67. The number of para-hydroxylation sites is 1. The van der Waals surface area contributed by atoms with Crippen LogP contribution in [0.5, 0.6) is 5.75 Å². The third-order valence-electron chi connectivity index (χ3n) is 4.05. The molecule has 22 heavy (non-hydrogen) atoms. The molecule has 1 fully saturated rings. The molecule has 1 aromatic carbocycles. The van der Waals surface area contributed by atoms with E-state index in [4.69, 9.17) is 23.1 Å². The predicted molar refractivity (Wildman–Crippen MR) is 94.5 cm³/mol. The van der Waals surface area contributed by atoms with Crippen molar-refractivity contribution in [3.63, 3.8) is 0 Å². The van der Waals surface area contributed by atoms with Gasteiger partial charge in [0.25, 0.3) is 0 Å². The molecule has 5 N–H and O–H groups in total. The molecule has 0 radical (unpaired) electrons. The summed E-state index contributed by atoms with van der Waals surface area (Å²) in [5.74, 6) is -0.00303. The van der Waals surface area contributed by atoms with Crippen LogP contribution in [0.4, 0.5) is 5.69 Å². The maximum absolute atomic E-state index is 10.1. The zero-order valence-corrected chi connectivity index (χ0v) is 13.3. The lowest BCUT2D eigenvalue weighted by Crippen LogP contribution is -2.05. The average Bonchev–Trinajstić information content (AvgIpc) is 3.28. The summed E-state index contributed by atoms with van der Waals surface area (Å²) in [5.41, 5.74) is 16.2. The Balaban J connectivity index is 2.08. The molecule has 1 aromatic heterocycles. The molecular weight excluding hydrogens is 296 g/mol. The second-order valence-corrected chi connectivity index (χ2v) is 6.07. The van der Waals surface area contributed by atoms with E-state index < -0.39 is 0 Å². The lowest BCUT2D eigenvalue weighted by Gasteiger charge is -2.11. The molecule has 1 aliphatic rings. The van der Waals surface area contributed by atoms with E-state index in [9.17, 15) is 5.11 Å². The first-order valence-electron chi connectivity index (χ1n) is 7.47. The van der Waals surface area contributed by atoms with E-state index >= 15 is 0 Å². The number of nitrogens with zero attached hydrogens (tertiary/aromatic N) is 1. The van der Waals surface area contributed by atoms with Gasteiger partial charge in [-0.3, -0.25) is 0 Å². The van der Waals surface area contributed by atoms with Crippen molar-refractivity contribution in [1.82, 2.24) is 4.57 Å². The molecule has 0 atom stereocenters. The number of halogens is 1. The van der Waals surface area contributed by atoms with Crippen LogP contribution in [0.25, 0.3) is 11.8 Å². The Bertz CT molecular complexity index is 750. The minimum Gasteiger partial charge on any atom is -0.506 e. The number of benzene rings is 1. The maximum Gasteiger partial charge on any atom is 0.143 e. The van der Waals surface area contributed by atoms with Crippen molar-refractivity contribution >= 4 is 36.9 Å². The van der Waals surface area contributed by atoms with Crippen LogP contribution >= 0.6 is 11.6 Å². The predicted octanol–water partition coefficient (Wildman–Crippen LogP) is 2.35. The first-order chi connectivity index (χ1) is 10.5. The molecule has 0 bridgehead atoms. The van der Waals surface area contributed by atoms with Crippen molar-refractivity contribution in [1.29, 1.82) is 0 Å². The quantitative estimate of drug-likeness (QED) is 0.758. The first-order valence-corrected chi connectivity index (χ1v) is 7.85. The van der Waals surface area contributed by atoms with Gasteiger partial charge >= 0.3 is 0 Å². The van der Waals surface area contributed by atoms with Crippen LogP contribution in [0.2, 0.25) is 5.02 Å². The van der Waals surface area contributed by atoms with Gasteiger partial charge in [0.1, 0.15) is 13.6 Å². The number of phenolic OH excluding ortho intramolecular Hbond substituents is 1. The smallest absolute Gasteiger partial charge is 0.143 e. The van der Waals surface area contributed by atoms with E-state index in [2.05, 4.69) is 12.4 Å². The van der Waals surface area contributed by atoms with E-state index in [1.165, 1.54) is 18.5 Å². The number of phenols is 1. The van der Waals surface area contributed by atoms with Crippen LogP contribution in [0.15, 0.2) is 24.3 Å². The third kappa shape index (κ3) is 2.57. The van der Waals surface area contributed by atoms with Gasteiger partial charge in [0, 0.05) is 23.0 Å². The largest absolute Gasteiger partial charge is 0.506 e. The summed E-state index contributed by atoms with van der Waals surface area (Å²) in [4.78, 5) is 0. The van der Waals surface area contributed by atoms with Gasteiger partial charge in [-0.05, 0) is 43.4 Å². The van der Waals surface area contributed by atoms with Crippen molar-refractivity contribution in [3.05, 3.63) is 46.2 Å². The van der Waals surface area contributed by atoms with E-state index in [-0.39, 0.29) is 10.8 Å². The number of nitrogens with two attached hydrogens (primary N) is 2. The molecule has 1 saturated carbocycles. The van der Waals surface area contributed by atoms with Gasteiger partial charge in [-0.25, -0.2) is 0 Å². The molecule has 6 heteroatoms. The van der Waals surface area contributed by atoms with Gasteiger partial charge in [-0.15, -0.1) is 0 Å².